The Morgan fingerprint density at radius 2 is 1.37 bits per heavy atom. The third-order valence-corrected chi connectivity index (χ3v) is 23.1. The van der Waals surface area contributed by atoms with Crippen LogP contribution in [0.4, 0.5) is 10.5 Å². The van der Waals surface area contributed by atoms with E-state index in [1.165, 1.54) is 51.3 Å². The molecule has 41 heteroatoms. The maximum absolute atomic E-state index is 15.0. The summed E-state index contributed by atoms with van der Waals surface area (Å²) in [6.07, 6.45) is -11.3. The van der Waals surface area contributed by atoms with Crippen LogP contribution in [0.15, 0.2) is 72.9 Å². The van der Waals surface area contributed by atoms with Gasteiger partial charge in [0.1, 0.15) is 72.3 Å². The molecule has 10 amide bonds. The van der Waals surface area contributed by atoms with Crippen molar-refractivity contribution in [3.8, 4) is 5.75 Å². The maximum Gasteiger partial charge on any atom is 0.410 e. The number of aromatic nitrogens is 2. The van der Waals surface area contributed by atoms with Crippen LogP contribution >= 0.6 is 0 Å². The van der Waals surface area contributed by atoms with Crippen molar-refractivity contribution in [3.05, 3.63) is 89.7 Å². The summed E-state index contributed by atoms with van der Waals surface area (Å²) in [7, 11) is 4.69. The van der Waals surface area contributed by atoms with E-state index < -0.39 is 197 Å². The topological polar surface area (TPSA) is 535 Å². The summed E-state index contributed by atoms with van der Waals surface area (Å²) in [4.78, 5) is 160. The Hall–Kier alpha value is -9.63. The number of carboxylic acids is 1. The number of anilines is 1. The number of likely N-dealkylation sites (tertiary alicyclic amines) is 1. The summed E-state index contributed by atoms with van der Waals surface area (Å²) in [5.41, 5.74) is 5.02. The first-order valence-electron chi connectivity index (χ1n) is 42.0. The molecule has 0 bridgehead atoms. The molecule has 2 saturated heterocycles. The molecule has 2 unspecified atom stereocenters. The number of aliphatic hydroxyl groups is 4. The molecule has 125 heavy (non-hydrogen) atoms. The molecule has 18 atom stereocenters. The van der Waals surface area contributed by atoms with Crippen molar-refractivity contribution >= 4 is 92.1 Å². The average Bonchev–Trinajstić information content (AvgIpc) is 1.78. The number of nitrogens with zero attached hydrogens (tertiary/aromatic N) is 6. The molecule has 698 valence electrons. The highest BCUT2D eigenvalue weighted by atomic mass is 32.2. The van der Waals surface area contributed by atoms with E-state index in [0.29, 0.717) is 43.6 Å². The molecule has 4 heterocycles. The van der Waals surface area contributed by atoms with Gasteiger partial charge in [-0.3, -0.25) is 58.0 Å². The van der Waals surface area contributed by atoms with E-state index >= 15 is 0 Å². The number of carbonyl (C=O) groups excluding carboxylic acids is 10. The fourth-order valence-corrected chi connectivity index (χ4v) is 15.7. The lowest BCUT2D eigenvalue weighted by Crippen LogP contribution is -2.61. The van der Waals surface area contributed by atoms with Gasteiger partial charge in [0.2, 0.25) is 59.5 Å². The van der Waals surface area contributed by atoms with Gasteiger partial charge >= 0.3 is 12.1 Å². The number of aliphatic hydroxyl groups excluding tert-OH is 4. The van der Waals surface area contributed by atoms with Crippen LogP contribution in [0.25, 0.3) is 11.0 Å². The number of amides is 10. The van der Waals surface area contributed by atoms with Gasteiger partial charge in [-0.15, -0.1) is 0 Å². The smallest absolute Gasteiger partial charge is 0.410 e. The van der Waals surface area contributed by atoms with E-state index in [1.54, 1.807) is 111 Å². The van der Waals surface area contributed by atoms with E-state index in [-0.39, 0.29) is 93.5 Å². The van der Waals surface area contributed by atoms with Crippen molar-refractivity contribution in [1.29, 1.82) is 0 Å². The standard InChI is InChI=1S/C84H130N14O26S/c1-18-49(8)68(61(118-16)42-64(101)98-34-23-27-59(98)73(119-17)50(9)76(106)88-51(10)69(102)54-24-20-19-21-25-54)95(14)81(111)66(47(4)5)93-80(110)67(48(6)7)96(15)84(114)122-44-53-28-29-57(60(40-53)123-83-72(105)70(103)71(104)74(124-83)82(112)113)91-77(107)52(11)89-79(109)65(46(2)3)92-63(100)31-36-120-38-39-121-37-33-87-78(108)58(45-125(115,116)117)90-62(99)30-35-97-56(43-94(13)85-12)41-55-26-22-32-86-75(55)97/h19-22,24-26,28-29,32,40-41,46-52,58-59,61,65-74,83,85,102-105H,18,23,27,30-31,33-39,42-45H2,1-17H3,(H,87,108)(H,88,106)(H,89,109)(H,90,99)(H,91,107)(H,92,100)(H,93,110)(H,112,113)(H,115,116,117)/t49-,50?,51+,52-,58-,59-,61+,65-,66-,67-,68?,69+,70-,71-,72+,73+,74-,83+/m0/s1. The average molecular weight is 1780 g/mol. The van der Waals surface area contributed by atoms with Gasteiger partial charge in [0.25, 0.3) is 10.1 Å². The lowest BCUT2D eigenvalue weighted by atomic mass is 9.89. The number of aliphatic carboxylic acids is 1. The second-order valence-corrected chi connectivity index (χ2v) is 34.2. The number of pyridine rings is 1. The highest BCUT2D eigenvalue weighted by Gasteiger charge is 2.49. The summed E-state index contributed by atoms with van der Waals surface area (Å²) >= 11 is 0. The monoisotopic (exact) mass is 1780 g/mol. The van der Waals surface area contributed by atoms with Crippen LogP contribution < -0.4 is 47.4 Å². The zero-order valence-corrected chi connectivity index (χ0v) is 75.1. The number of hydrogen-bond donors (Lipinski definition) is 14. The largest absolute Gasteiger partial charge is 0.479 e. The van der Waals surface area contributed by atoms with E-state index in [4.69, 9.17) is 33.2 Å². The van der Waals surface area contributed by atoms with Crippen molar-refractivity contribution in [2.75, 3.05) is 93.0 Å². The van der Waals surface area contributed by atoms with E-state index in [0.717, 1.165) is 16.0 Å². The molecule has 0 spiro atoms. The number of rotatable bonds is 50. The predicted octanol–water partition coefficient (Wildman–Crippen LogP) is 1.35. The molecule has 0 aliphatic carbocycles. The van der Waals surface area contributed by atoms with Gasteiger partial charge in [0, 0.05) is 85.1 Å². The van der Waals surface area contributed by atoms with Gasteiger partial charge < -0.3 is 110 Å². The van der Waals surface area contributed by atoms with Gasteiger partial charge in [-0.2, -0.15) is 8.42 Å². The van der Waals surface area contributed by atoms with Crippen LogP contribution in [0, 0.1) is 29.6 Å². The summed E-state index contributed by atoms with van der Waals surface area (Å²) in [6.45, 7) is 18.7. The van der Waals surface area contributed by atoms with Crippen molar-refractivity contribution in [2.24, 2.45) is 29.6 Å². The first-order chi connectivity index (χ1) is 59.0. The third-order valence-electron chi connectivity index (χ3n) is 22.3. The number of nitrogens with one attached hydrogen (secondary N) is 8. The van der Waals surface area contributed by atoms with Gasteiger partial charge in [0.05, 0.1) is 87.4 Å². The Morgan fingerprint density at radius 3 is 1.98 bits per heavy atom. The summed E-state index contributed by atoms with van der Waals surface area (Å²) in [6, 6.07) is 9.88. The lowest BCUT2D eigenvalue weighted by Gasteiger charge is -2.41. The Labute approximate surface area is 729 Å². The number of carboxylic acid groups (broad SMARTS) is 1. The summed E-state index contributed by atoms with van der Waals surface area (Å²) in [5.74, 6) is -11.6. The molecule has 0 radical (unpaired) electrons. The van der Waals surface area contributed by atoms with Crippen LogP contribution in [-0.4, -0.2) is 312 Å². The Kier molecular flexibility index (Phi) is 41.2. The maximum atomic E-state index is 15.0. The number of carbonyl (C=O) groups is 11. The van der Waals surface area contributed by atoms with Gasteiger partial charge in [-0.25, -0.2) is 19.6 Å². The second kappa shape index (κ2) is 49.5. The molecule has 40 nitrogen and oxygen atoms in total. The summed E-state index contributed by atoms with van der Waals surface area (Å²) in [5, 5.41) is 74.2. The zero-order chi connectivity index (χ0) is 93.0. The van der Waals surface area contributed by atoms with Crippen LogP contribution in [0.3, 0.4) is 0 Å². The molecule has 2 fully saturated rings. The summed E-state index contributed by atoms with van der Waals surface area (Å²) < 4.78 is 75.5. The molecule has 6 rings (SSSR count). The number of fused-ring (bicyclic) bond motifs is 1. The number of ether oxygens (including phenoxy) is 7. The first-order valence-corrected chi connectivity index (χ1v) is 43.6. The van der Waals surface area contributed by atoms with E-state index in [9.17, 15) is 91.2 Å². The molecule has 14 N–H and O–H groups in total. The van der Waals surface area contributed by atoms with Gasteiger partial charge in [-0.05, 0) is 98.9 Å². The van der Waals surface area contributed by atoms with Gasteiger partial charge in [-0.1, -0.05) is 105 Å². The predicted molar refractivity (Wildman–Crippen MR) is 455 cm³/mol. The molecule has 4 aromatic rings. The lowest BCUT2D eigenvalue weighted by molar-refractivity contribution is -0.271. The molecular weight excluding hydrogens is 1650 g/mol. The van der Waals surface area contributed by atoms with Crippen molar-refractivity contribution in [1.82, 2.24) is 66.6 Å². The highest BCUT2D eigenvalue weighted by Crippen LogP contribution is 2.34. The molecule has 2 aliphatic rings. The number of benzene rings is 2. The normalized spacial score (nSPS) is 19.6. The fraction of sp³-hybridized carbons (Fsp3) is 0.643. The van der Waals surface area contributed by atoms with Crippen molar-refractivity contribution in [3.63, 3.8) is 0 Å². The van der Waals surface area contributed by atoms with Crippen LogP contribution in [0.2, 0.25) is 0 Å². The van der Waals surface area contributed by atoms with Crippen LogP contribution in [-0.2, 0) is 106 Å². The molecule has 2 aromatic heterocycles. The zero-order valence-electron chi connectivity index (χ0n) is 74.3. The van der Waals surface area contributed by atoms with Crippen LogP contribution in [0.5, 0.6) is 5.75 Å². The SMILES string of the molecule is CC[C@H](C)C([C@@H](CC(=O)N1CCC[C@H]1[C@H](OC)C(C)C(=O)N[C@H](C)[C@@H](O)c1ccccc1)OC)N(C)C(=O)[C@@H](NC(=O)[C@H](C(C)C)N(C)C(=O)OCc1ccc(NC(=O)[C@H](C)NC(=O)[C@@H](NC(=O)CCOCCOCCNC(=O)[C@H](CS(=O)(=O)O)NC(=O)CCn2c(CN(C)NC)cc3cccnc32)C(C)C)c(O[C@@H]2O[C@H](C(=O)O)[C@@H](O)[C@H](O)[C@H]2O)c1)C(C)C. The van der Waals surface area contributed by atoms with Gasteiger partial charge in [0.15, 0.2) is 6.10 Å². The minimum Gasteiger partial charge on any atom is -0.479 e. The quantitative estimate of drug-likeness (QED) is 0.0169. The molecular formula is C84H130N14O26S. The first kappa shape index (κ1) is 104. The number of hydrogen-bond acceptors (Lipinski definition) is 27. The minimum atomic E-state index is -4.73. The molecule has 2 aromatic carbocycles. The minimum absolute atomic E-state index is 0.0209. The fourth-order valence-electron chi connectivity index (χ4n) is 15.0. The number of methoxy groups -OCH3 is 2. The van der Waals surface area contributed by atoms with E-state index in [2.05, 4.69) is 47.6 Å². The van der Waals surface area contributed by atoms with Crippen molar-refractivity contribution in [2.45, 2.75) is 232 Å². The second-order valence-electron chi connectivity index (χ2n) is 32.7. The highest BCUT2D eigenvalue weighted by molar-refractivity contribution is 7.85. The number of aryl methyl sites for hydroxylation is 1. The number of likely N-dealkylation sites (N-methyl/N-ethyl adjacent to an activating group) is 2. The van der Waals surface area contributed by atoms with Crippen molar-refractivity contribution < 1.29 is 124 Å². The molecule has 2 aliphatic heterocycles. The van der Waals surface area contributed by atoms with Crippen LogP contribution in [0.1, 0.15) is 138 Å². The third kappa shape index (κ3) is 30.0. The van der Waals surface area contributed by atoms with E-state index in [1.807, 2.05) is 48.7 Å². The Bertz CT molecular complexity index is 4360. The Morgan fingerprint density at radius 1 is 0.704 bits per heavy atom. The number of hydrazine groups is 1. The Balaban J connectivity index is 1.03. The molecule has 0 saturated carbocycles.